The van der Waals surface area contributed by atoms with Gasteiger partial charge >= 0.3 is 5.97 Å². The molecule has 0 radical (unpaired) electrons. The van der Waals surface area contributed by atoms with Crippen molar-refractivity contribution in [2.45, 2.75) is 12.5 Å². The number of hydroxylamine groups is 1. The van der Waals surface area contributed by atoms with Gasteiger partial charge < -0.3 is 15.2 Å². The molecule has 1 rings (SSSR count). The average molecular weight is 218 g/mol. The smallest absolute Gasteiger partial charge is 0.332 e. The fourth-order valence-electron chi connectivity index (χ4n) is 1.03. The third kappa shape index (κ3) is 4.24. The third-order valence-electron chi connectivity index (χ3n) is 1.93. The van der Waals surface area contributed by atoms with Crippen LogP contribution in [0.15, 0.2) is 0 Å². The van der Waals surface area contributed by atoms with Gasteiger partial charge in [-0.15, -0.1) is 0 Å². The molecule has 1 heterocycles. The summed E-state index contributed by atoms with van der Waals surface area (Å²) < 4.78 is 5.28. The maximum Gasteiger partial charge on any atom is 0.332 e. The molecular formula is C8H14N2O5. The minimum atomic E-state index is -1.15. The maximum atomic E-state index is 11.0. The van der Waals surface area contributed by atoms with E-state index in [0.29, 0.717) is 13.1 Å². The molecule has 1 saturated heterocycles. The summed E-state index contributed by atoms with van der Waals surface area (Å²) in [6, 6.07) is 0. The van der Waals surface area contributed by atoms with Crippen molar-refractivity contribution in [1.82, 2.24) is 10.8 Å². The van der Waals surface area contributed by atoms with E-state index in [1.807, 2.05) is 12.4 Å². The molecule has 0 aromatic rings. The first kappa shape index (κ1) is 11.9. The van der Waals surface area contributed by atoms with Gasteiger partial charge in [-0.05, 0) is 6.92 Å². The van der Waals surface area contributed by atoms with Crippen molar-refractivity contribution in [2.24, 2.45) is 0 Å². The summed E-state index contributed by atoms with van der Waals surface area (Å²) in [5, 5.41) is 11.2. The van der Waals surface area contributed by atoms with Crippen LogP contribution >= 0.6 is 0 Å². The highest BCUT2D eigenvalue weighted by Gasteiger charge is 2.32. The molecule has 7 heteroatoms. The van der Waals surface area contributed by atoms with E-state index in [2.05, 4.69) is 10.2 Å². The molecule has 0 atom stereocenters. The van der Waals surface area contributed by atoms with Gasteiger partial charge in [0.2, 0.25) is 0 Å². The van der Waals surface area contributed by atoms with Gasteiger partial charge in [0, 0.05) is 13.1 Å². The summed E-state index contributed by atoms with van der Waals surface area (Å²) in [6.45, 7) is 2.59. The number of amides is 1. The van der Waals surface area contributed by atoms with Crippen molar-refractivity contribution < 1.29 is 24.3 Å². The Balaban J connectivity index is 2.05. The second-order valence-electron chi connectivity index (χ2n) is 3.55. The van der Waals surface area contributed by atoms with E-state index in [4.69, 9.17) is 9.84 Å². The quantitative estimate of drug-likeness (QED) is 0.469. The van der Waals surface area contributed by atoms with E-state index < -0.39 is 18.5 Å². The third-order valence-corrected chi connectivity index (χ3v) is 1.93. The van der Waals surface area contributed by atoms with Crippen LogP contribution in [-0.2, 0) is 19.2 Å². The number of carbonyl (C=O) groups excluding carboxylic acids is 1. The first-order valence-corrected chi connectivity index (χ1v) is 4.49. The first-order chi connectivity index (χ1) is 7.02. The van der Waals surface area contributed by atoms with Crippen LogP contribution in [0.5, 0.6) is 0 Å². The Morgan fingerprint density at radius 1 is 1.47 bits per heavy atom. The van der Waals surface area contributed by atoms with Crippen LogP contribution in [0.3, 0.4) is 0 Å². The number of carbonyl (C=O) groups is 2. The Hall–Kier alpha value is -1.18. The van der Waals surface area contributed by atoms with E-state index in [0.717, 1.165) is 0 Å². The van der Waals surface area contributed by atoms with E-state index in [-0.39, 0.29) is 12.2 Å². The highest BCUT2D eigenvalue weighted by Crippen LogP contribution is 2.14. The van der Waals surface area contributed by atoms with Gasteiger partial charge in [0.15, 0.2) is 6.61 Å². The van der Waals surface area contributed by atoms with Gasteiger partial charge in [-0.1, -0.05) is 0 Å². The summed E-state index contributed by atoms with van der Waals surface area (Å²) in [5.41, 5.74) is 1.67. The number of carboxylic acid groups (broad SMARTS) is 1. The van der Waals surface area contributed by atoms with Crippen LogP contribution in [0.1, 0.15) is 6.92 Å². The van der Waals surface area contributed by atoms with Gasteiger partial charge in [-0.2, -0.15) is 0 Å². The van der Waals surface area contributed by atoms with E-state index >= 15 is 0 Å². The number of hydrogen-bond acceptors (Lipinski definition) is 5. The summed E-state index contributed by atoms with van der Waals surface area (Å²) in [4.78, 5) is 25.5. The zero-order valence-electron chi connectivity index (χ0n) is 8.41. The molecule has 0 saturated carbocycles. The van der Waals surface area contributed by atoms with Crippen LogP contribution in [0.25, 0.3) is 0 Å². The Morgan fingerprint density at radius 2 is 2.13 bits per heavy atom. The second-order valence-corrected chi connectivity index (χ2v) is 3.55. The van der Waals surface area contributed by atoms with Crippen molar-refractivity contribution in [2.75, 3.05) is 26.3 Å². The topological polar surface area (TPSA) is 96.9 Å². The summed E-state index contributed by atoms with van der Waals surface area (Å²) >= 11 is 0. The molecular weight excluding hydrogens is 204 g/mol. The van der Waals surface area contributed by atoms with Crippen molar-refractivity contribution in [3.63, 3.8) is 0 Å². The van der Waals surface area contributed by atoms with Gasteiger partial charge in [0.25, 0.3) is 5.91 Å². The Labute approximate surface area is 86.7 Å². The summed E-state index contributed by atoms with van der Waals surface area (Å²) in [5.74, 6) is -1.64. The number of rotatable bonds is 6. The lowest BCUT2D eigenvalue weighted by atomic mass is 10.0. The number of aliphatic carboxylic acids is 1. The number of carboxylic acids is 1. The Morgan fingerprint density at radius 3 is 2.60 bits per heavy atom. The summed E-state index contributed by atoms with van der Waals surface area (Å²) in [7, 11) is 0. The molecule has 0 unspecified atom stereocenters. The molecule has 86 valence electrons. The van der Waals surface area contributed by atoms with Crippen molar-refractivity contribution in [1.29, 1.82) is 0 Å². The van der Waals surface area contributed by atoms with Crippen LogP contribution in [-0.4, -0.2) is 48.9 Å². The lowest BCUT2D eigenvalue weighted by Crippen LogP contribution is -2.59. The van der Waals surface area contributed by atoms with Crippen LogP contribution in [0.4, 0.5) is 0 Å². The SMILES string of the molecule is CC1(OCC(=O)NOCC(=O)O)CNC1. The predicted octanol–water partition coefficient (Wildman–Crippen LogP) is -1.50. The molecule has 0 aromatic heterocycles. The van der Waals surface area contributed by atoms with Crippen molar-refractivity contribution in [3.05, 3.63) is 0 Å². The van der Waals surface area contributed by atoms with Crippen molar-refractivity contribution >= 4 is 11.9 Å². The highest BCUT2D eigenvalue weighted by molar-refractivity contribution is 5.76. The molecule has 1 amide bonds. The highest BCUT2D eigenvalue weighted by atomic mass is 16.7. The summed E-state index contributed by atoms with van der Waals surface area (Å²) in [6.07, 6.45) is 0. The molecule has 1 fully saturated rings. The number of hydrogen-bond donors (Lipinski definition) is 3. The first-order valence-electron chi connectivity index (χ1n) is 4.49. The average Bonchev–Trinajstić information content (AvgIpc) is 2.11. The molecule has 15 heavy (non-hydrogen) atoms. The van der Waals surface area contributed by atoms with Crippen LogP contribution in [0, 0.1) is 0 Å². The fraction of sp³-hybridized carbons (Fsp3) is 0.750. The second kappa shape index (κ2) is 5.06. The van der Waals surface area contributed by atoms with Gasteiger partial charge in [-0.3, -0.25) is 9.63 Å². The lowest BCUT2D eigenvalue weighted by Gasteiger charge is -2.38. The maximum absolute atomic E-state index is 11.0. The normalized spacial score (nSPS) is 17.9. The molecule has 0 aromatic carbocycles. The zero-order valence-corrected chi connectivity index (χ0v) is 8.41. The molecule has 1 aliphatic heterocycles. The molecule has 0 spiro atoms. The molecule has 1 aliphatic rings. The van der Waals surface area contributed by atoms with E-state index in [1.54, 1.807) is 0 Å². The van der Waals surface area contributed by atoms with Gasteiger partial charge in [0.05, 0.1) is 5.60 Å². The van der Waals surface area contributed by atoms with Gasteiger partial charge in [0.1, 0.15) is 6.61 Å². The lowest BCUT2D eigenvalue weighted by molar-refractivity contribution is -0.155. The minimum Gasteiger partial charge on any atom is -0.479 e. The van der Waals surface area contributed by atoms with Crippen molar-refractivity contribution in [3.8, 4) is 0 Å². The number of nitrogens with one attached hydrogen (secondary N) is 2. The molecule has 0 aliphatic carbocycles. The van der Waals surface area contributed by atoms with Crippen LogP contribution < -0.4 is 10.8 Å². The monoisotopic (exact) mass is 218 g/mol. The standard InChI is InChI=1S/C8H14N2O5/c1-8(4-9-5-8)14-2-6(11)10-15-3-7(12)13/h9H,2-5H2,1H3,(H,10,11)(H,12,13). The predicted molar refractivity (Wildman–Crippen MR) is 49.0 cm³/mol. The Bertz CT molecular complexity index is 251. The van der Waals surface area contributed by atoms with Crippen LogP contribution in [0.2, 0.25) is 0 Å². The zero-order chi connectivity index (χ0) is 11.3. The largest absolute Gasteiger partial charge is 0.479 e. The molecule has 0 bridgehead atoms. The molecule has 7 nitrogen and oxygen atoms in total. The minimum absolute atomic E-state index is 0.141. The number of ether oxygens (including phenoxy) is 1. The molecule has 3 N–H and O–H groups in total. The fourth-order valence-corrected chi connectivity index (χ4v) is 1.03. The van der Waals surface area contributed by atoms with Gasteiger partial charge in [-0.25, -0.2) is 10.3 Å². The Kier molecular flexibility index (Phi) is 4.01. The van der Waals surface area contributed by atoms with E-state index in [1.165, 1.54) is 0 Å². The van der Waals surface area contributed by atoms with E-state index in [9.17, 15) is 9.59 Å².